The van der Waals surface area contributed by atoms with Gasteiger partial charge in [0.15, 0.2) is 0 Å². The molecule has 3 rings (SSSR count). The Bertz CT molecular complexity index is 649. The van der Waals surface area contributed by atoms with Crippen molar-refractivity contribution in [2.45, 2.75) is 38.1 Å². The van der Waals surface area contributed by atoms with Crippen LogP contribution >= 0.6 is 34.2 Å². The predicted molar refractivity (Wildman–Crippen MR) is 94.9 cm³/mol. The monoisotopic (exact) mass is 418 g/mol. The van der Waals surface area contributed by atoms with Gasteiger partial charge in [0.05, 0.1) is 16.4 Å². The summed E-state index contributed by atoms with van der Waals surface area (Å²) in [5.41, 5.74) is 2.63. The third-order valence-corrected chi connectivity index (χ3v) is 5.25. The summed E-state index contributed by atoms with van der Waals surface area (Å²) < 4.78 is 8.80. The van der Waals surface area contributed by atoms with Crippen molar-refractivity contribution in [2.24, 2.45) is 5.41 Å². The third-order valence-electron chi connectivity index (χ3n) is 4.38. The fourth-order valence-electron chi connectivity index (χ4n) is 2.91. The Morgan fingerprint density at radius 1 is 1.48 bits per heavy atom. The number of aromatic nitrogens is 2. The van der Waals surface area contributed by atoms with Gasteiger partial charge in [0.25, 0.3) is 0 Å². The van der Waals surface area contributed by atoms with E-state index in [1.54, 1.807) is 7.11 Å². The smallest absolute Gasteiger partial charge is 0.127 e. The molecule has 1 aromatic heterocycles. The molecule has 1 aromatic carbocycles. The van der Waals surface area contributed by atoms with Gasteiger partial charge in [0.2, 0.25) is 0 Å². The molecule has 0 bridgehead atoms. The van der Waals surface area contributed by atoms with E-state index in [4.69, 9.17) is 21.3 Å². The molecule has 2 aromatic rings. The summed E-state index contributed by atoms with van der Waals surface area (Å²) in [4.78, 5) is 4.76. The number of alkyl halides is 1. The van der Waals surface area contributed by atoms with Gasteiger partial charge in [0, 0.05) is 23.8 Å². The van der Waals surface area contributed by atoms with Crippen LogP contribution in [0.4, 0.5) is 0 Å². The van der Waals surface area contributed by atoms with E-state index in [0.29, 0.717) is 5.41 Å². The number of nitrogens with zero attached hydrogens (tertiary/aromatic N) is 2. The van der Waals surface area contributed by atoms with E-state index < -0.39 is 0 Å². The first-order chi connectivity index (χ1) is 10.0. The number of halogens is 2. The van der Waals surface area contributed by atoms with Gasteiger partial charge in [-0.2, -0.15) is 0 Å². The molecule has 3 nitrogen and oxygen atoms in total. The topological polar surface area (TPSA) is 27.1 Å². The molecule has 21 heavy (non-hydrogen) atoms. The van der Waals surface area contributed by atoms with Crippen molar-refractivity contribution in [1.29, 1.82) is 0 Å². The molecule has 114 valence electrons. The maximum atomic E-state index is 6.36. The first kappa shape index (κ1) is 15.6. The Hall–Kier alpha value is -0.330. The van der Waals surface area contributed by atoms with Crippen LogP contribution in [0.1, 0.15) is 37.4 Å². The Kier molecular flexibility index (Phi) is 4.48. The van der Waals surface area contributed by atoms with Crippen LogP contribution in [0.25, 0.3) is 11.0 Å². The van der Waals surface area contributed by atoms with Crippen LogP contribution < -0.4 is 0 Å². The molecule has 1 unspecified atom stereocenters. The number of hydrogen-bond donors (Lipinski definition) is 0. The molecule has 0 amide bonds. The van der Waals surface area contributed by atoms with Crippen LogP contribution in [0, 0.1) is 8.99 Å². The molecule has 1 fully saturated rings. The van der Waals surface area contributed by atoms with E-state index in [-0.39, 0.29) is 5.38 Å². The average molecular weight is 419 g/mol. The molecular weight excluding hydrogens is 399 g/mol. The van der Waals surface area contributed by atoms with Crippen LogP contribution in [0.5, 0.6) is 0 Å². The van der Waals surface area contributed by atoms with E-state index in [0.717, 1.165) is 30.9 Å². The van der Waals surface area contributed by atoms with Crippen LogP contribution in [0.15, 0.2) is 18.2 Å². The zero-order valence-corrected chi connectivity index (χ0v) is 15.3. The van der Waals surface area contributed by atoms with Crippen molar-refractivity contribution in [2.75, 3.05) is 13.7 Å². The third kappa shape index (κ3) is 3.22. The van der Waals surface area contributed by atoms with Crippen molar-refractivity contribution >= 4 is 45.2 Å². The molecule has 1 heterocycles. The summed E-state index contributed by atoms with van der Waals surface area (Å²) >= 11 is 8.69. The highest BCUT2D eigenvalue weighted by Gasteiger charge is 2.43. The van der Waals surface area contributed by atoms with Crippen molar-refractivity contribution in [3.05, 3.63) is 27.6 Å². The van der Waals surface area contributed by atoms with Crippen LogP contribution in [-0.2, 0) is 11.3 Å². The Morgan fingerprint density at radius 2 is 2.24 bits per heavy atom. The largest absolute Gasteiger partial charge is 0.385 e. The number of fused-ring (bicyclic) bond motifs is 1. The summed E-state index contributed by atoms with van der Waals surface area (Å²) in [6, 6.07) is 6.43. The number of ether oxygens (including phenoxy) is 1. The van der Waals surface area contributed by atoms with E-state index in [1.807, 2.05) is 6.92 Å². The normalized spacial score (nSPS) is 18.1. The lowest BCUT2D eigenvalue weighted by molar-refractivity contribution is 0.167. The Labute approximate surface area is 144 Å². The van der Waals surface area contributed by atoms with Gasteiger partial charge in [-0.15, -0.1) is 11.6 Å². The van der Waals surface area contributed by atoms with Crippen molar-refractivity contribution in [3.8, 4) is 0 Å². The molecule has 1 atom stereocenters. The van der Waals surface area contributed by atoms with Crippen molar-refractivity contribution < 1.29 is 4.74 Å². The summed E-state index contributed by atoms with van der Waals surface area (Å²) in [6.45, 7) is 3.83. The van der Waals surface area contributed by atoms with Crippen molar-refractivity contribution in [1.82, 2.24) is 9.55 Å². The fraction of sp³-hybridized carbons (Fsp3) is 0.562. The molecule has 0 N–H and O–H groups in total. The summed E-state index contributed by atoms with van der Waals surface area (Å²) in [5.74, 6) is 0.984. The number of benzene rings is 1. The first-order valence-corrected chi connectivity index (χ1v) is 8.85. The molecule has 1 aliphatic carbocycles. The molecule has 0 aliphatic heterocycles. The Morgan fingerprint density at radius 3 is 2.86 bits per heavy atom. The summed E-state index contributed by atoms with van der Waals surface area (Å²) in [7, 11) is 1.77. The lowest BCUT2D eigenvalue weighted by atomic mass is 10.0. The minimum absolute atomic E-state index is 0.0757. The van der Waals surface area contributed by atoms with Gasteiger partial charge < -0.3 is 9.30 Å². The second-order valence-corrected chi connectivity index (χ2v) is 7.95. The van der Waals surface area contributed by atoms with E-state index in [1.165, 1.54) is 21.9 Å². The van der Waals surface area contributed by atoms with E-state index in [9.17, 15) is 0 Å². The average Bonchev–Trinajstić information content (AvgIpc) is 3.12. The molecule has 1 saturated carbocycles. The second-order valence-electron chi connectivity index (χ2n) is 6.05. The minimum Gasteiger partial charge on any atom is -0.385 e. The second kappa shape index (κ2) is 6.05. The van der Waals surface area contributed by atoms with E-state index in [2.05, 4.69) is 45.4 Å². The van der Waals surface area contributed by atoms with Crippen molar-refractivity contribution in [3.63, 3.8) is 0 Å². The highest BCUT2D eigenvalue weighted by Crippen LogP contribution is 2.51. The van der Waals surface area contributed by atoms with Gasteiger partial charge in [-0.1, -0.05) is 0 Å². The number of imidazole rings is 1. The van der Waals surface area contributed by atoms with Gasteiger partial charge in [-0.3, -0.25) is 0 Å². The molecule has 0 spiro atoms. The molecule has 1 aliphatic rings. The lowest BCUT2D eigenvalue weighted by Crippen LogP contribution is -2.16. The predicted octanol–water partition coefficient (Wildman–Crippen LogP) is 4.76. The first-order valence-electron chi connectivity index (χ1n) is 7.33. The number of methoxy groups -OCH3 is 1. The zero-order chi connectivity index (χ0) is 15.0. The van der Waals surface area contributed by atoms with Crippen LogP contribution in [0.2, 0.25) is 0 Å². The highest BCUT2D eigenvalue weighted by molar-refractivity contribution is 14.1. The number of hydrogen-bond acceptors (Lipinski definition) is 2. The number of rotatable bonds is 6. The van der Waals surface area contributed by atoms with E-state index >= 15 is 0 Å². The van der Waals surface area contributed by atoms with Gasteiger partial charge in [0.1, 0.15) is 5.82 Å². The quantitative estimate of drug-likeness (QED) is 0.500. The highest BCUT2D eigenvalue weighted by atomic mass is 127. The SMILES string of the molecule is COCCC1(Cn2c(C(C)Cl)nc3cc(I)ccc32)CC1. The van der Waals surface area contributed by atoms with Crippen LogP contribution in [-0.4, -0.2) is 23.3 Å². The van der Waals surface area contributed by atoms with Crippen LogP contribution in [0.3, 0.4) is 0 Å². The standard InChI is InChI=1S/C16H20ClIN2O/c1-11(17)15-19-13-9-12(18)3-4-14(13)20(15)10-16(5-6-16)7-8-21-2/h3-4,9,11H,5-8,10H2,1-2H3. The molecule has 0 radical (unpaired) electrons. The Balaban J connectivity index is 1.98. The lowest BCUT2D eigenvalue weighted by Gasteiger charge is -2.18. The molecule has 0 saturated heterocycles. The maximum Gasteiger partial charge on any atom is 0.127 e. The summed E-state index contributed by atoms with van der Waals surface area (Å²) in [6.07, 6.45) is 3.66. The molecule has 5 heteroatoms. The summed E-state index contributed by atoms with van der Waals surface area (Å²) in [5, 5.41) is -0.0757. The maximum absolute atomic E-state index is 6.36. The van der Waals surface area contributed by atoms with Gasteiger partial charge in [-0.25, -0.2) is 4.98 Å². The fourth-order valence-corrected chi connectivity index (χ4v) is 3.55. The van der Waals surface area contributed by atoms with Gasteiger partial charge >= 0.3 is 0 Å². The zero-order valence-electron chi connectivity index (χ0n) is 12.4. The molecular formula is C16H20ClIN2O. The minimum atomic E-state index is -0.0757. The van der Waals surface area contributed by atoms with Gasteiger partial charge in [-0.05, 0) is 72.4 Å².